The molecule has 0 spiro atoms. The first-order chi connectivity index (χ1) is 8.58. The van der Waals surface area contributed by atoms with Crippen LogP contribution in [-0.2, 0) is 6.42 Å². The van der Waals surface area contributed by atoms with Crippen molar-refractivity contribution in [2.24, 2.45) is 0 Å². The van der Waals surface area contributed by atoms with E-state index in [0.29, 0.717) is 18.6 Å². The minimum absolute atomic E-state index is 0.191. The zero-order chi connectivity index (χ0) is 13.1. The Kier molecular flexibility index (Phi) is 4.04. The van der Waals surface area contributed by atoms with E-state index >= 15 is 0 Å². The highest BCUT2D eigenvalue weighted by atomic mass is 32.1. The molecule has 2 rings (SSSR count). The number of hydrogen-bond acceptors (Lipinski definition) is 2. The van der Waals surface area contributed by atoms with Gasteiger partial charge < -0.3 is 5.11 Å². The molecule has 0 saturated heterocycles. The summed E-state index contributed by atoms with van der Waals surface area (Å²) in [5.74, 6) is -3.09. The predicted octanol–water partition coefficient (Wildman–Crippen LogP) is 3.83. The normalized spacial score (nSPS) is 12.7. The monoisotopic (exact) mass is 272 g/mol. The number of halogens is 3. The minimum Gasteiger partial charge on any atom is -0.388 e. The van der Waals surface area contributed by atoms with Crippen LogP contribution in [0.5, 0.6) is 0 Å². The van der Waals surface area contributed by atoms with Gasteiger partial charge in [0.15, 0.2) is 0 Å². The average molecular weight is 272 g/mol. The van der Waals surface area contributed by atoms with E-state index in [1.54, 1.807) is 0 Å². The molecule has 0 fully saturated rings. The van der Waals surface area contributed by atoms with E-state index in [2.05, 4.69) is 0 Å². The third-order valence-electron chi connectivity index (χ3n) is 2.66. The second kappa shape index (κ2) is 5.54. The fourth-order valence-electron chi connectivity index (χ4n) is 1.75. The number of aliphatic hydroxyl groups excluding tert-OH is 1. The Balaban J connectivity index is 2.11. The SMILES string of the molecule is OC(CCc1ccsc1)c1c(F)cc(F)cc1F. The largest absolute Gasteiger partial charge is 0.388 e. The van der Waals surface area contributed by atoms with Crippen molar-refractivity contribution >= 4 is 11.3 Å². The Morgan fingerprint density at radius 1 is 1.17 bits per heavy atom. The van der Waals surface area contributed by atoms with Crippen LogP contribution < -0.4 is 0 Å². The molecule has 1 atom stereocenters. The Labute approximate surface area is 107 Å². The van der Waals surface area contributed by atoms with Crippen LogP contribution in [0, 0.1) is 17.5 Å². The molecule has 1 aromatic heterocycles. The third kappa shape index (κ3) is 2.91. The molecule has 1 unspecified atom stereocenters. The molecule has 18 heavy (non-hydrogen) atoms. The van der Waals surface area contributed by atoms with Crippen molar-refractivity contribution in [3.63, 3.8) is 0 Å². The molecule has 0 radical (unpaired) electrons. The zero-order valence-electron chi connectivity index (χ0n) is 9.37. The van der Waals surface area contributed by atoms with E-state index in [9.17, 15) is 18.3 Å². The first-order valence-electron chi connectivity index (χ1n) is 5.41. The highest BCUT2D eigenvalue weighted by Crippen LogP contribution is 2.26. The van der Waals surface area contributed by atoms with Gasteiger partial charge in [0.2, 0.25) is 0 Å². The van der Waals surface area contributed by atoms with Crippen molar-refractivity contribution in [3.8, 4) is 0 Å². The summed E-state index contributed by atoms with van der Waals surface area (Å²) in [5.41, 5.74) is 0.536. The molecule has 0 aliphatic carbocycles. The van der Waals surface area contributed by atoms with Crippen molar-refractivity contribution in [3.05, 3.63) is 57.5 Å². The fourth-order valence-corrected chi connectivity index (χ4v) is 2.46. The predicted molar refractivity (Wildman–Crippen MR) is 63.9 cm³/mol. The van der Waals surface area contributed by atoms with E-state index in [4.69, 9.17) is 0 Å². The number of thiophene rings is 1. The smallest absolute Gasteiger partial charge is 0.134 e. The van der Waals surface area contributed by atoms with Gasteiger partial charge in [-0.2, -0.15) is 11.3 Å². The summed E-state index contributed by atoms with van der Waals surface area (Å²) in [7, 11) is 0. The molecule has 2 aromatic rings. The fraction of sp³-hybridized carbons (Fsp3) is 0.231. The van der Waals surface area contributed by atoms with Gasteiger partial charge in [-0.3, -0.25) is 0 Å². The topological polar surface area (TPSA) is 20.2 Å². The lowest BCUT2D eigenvalue weighted by Gasteiger charge is -2.12. The van der Waals surface area contributed by atoms with Crippen molar-refractivity contribution in [1.29, 1.82) is 0 Å². The maximum Gasteiger partial charge on any atom is 0.134 e. The average Bonchev–Trinajstić information content (AvgIpc) is 2.77. The highest BCUT2D eigenvalue weighted by molar-refractivity contribution is 7.07. The van der Waals surface area contributed by atoms with Gasteiger partial charge in [0.25, 0.3) is 0 Å². The standard InChI is InChI=1S/C13H11F3OS/c14-9-5-10(15)13(11(16)6-9)12(17)2-1-8-3-4-18-7-8/h3-7,12,17H,1-2H2. The lowest BCUT2D eigenvalue weighted by atomic mass is 10.0. The van der Waals surface area contributed by atoms with E-state index in [1.165, 1.54) is 11.3 Å². The number of rotatable bonds is 4. The van der Waals surface area contributed by atoms with Crippen LogP contribution in [0.15, 0.2) is 29.0 Å². The zero-order valence-corrected chi connectivity index (χ0v) is 10.2. The molecule has 96 valence electrons. The summed E-state index contributed by atoms with van der Waals surface area (Å²) in [4.78, 5) is 0. The number of hydrogen-bond donors (Lipinski definition) is 1. The Bertz CT molecular complexity index is 502. The third-order valence-corrected chi connectivity index (χ3v) is 3.40. The highest BCUT2D eigenvalue weighted by Gasteiger charge is 2.19. The Morgan fingerprint density at radius 2 is 1.83 bits per heavy atom. The minimum atomic E-state index is -1.27. The van der Waals surface area contributed by atoms with Crippen LogP contribution in [0.2, 0.25) is 0 Å². The molecular weight excluding hydrogens is 261 g/mol. The second-order valence-corrected chi connectivity index (χ2v) is 4.75. The summed E-state index contributed by atoms with van der Waals surface area (Å²) < 4.78 is 39.5. The lowest BCUT2D eigenvalue weighted by molar-refractivity contribution is 0.158. The van der Waals surface area contributed by atoms with E-state index < -0.39 is 29.1 Å². The molecular formula is C13H11F3OS. The summed E-state index contributed by atoms with van der Waals surface area (Å²) >= 11 is 1.52. The molecule has 1 nitrogen and oxygen atoms in total. The molecule has 0 saturated carbocycles. The molecule has 0 amide bonds. The number of aliphatic hydroxyl groups is 1. The molecule has 0 aliphatic heterocycles. The first-order valence-corrected chi connectivity index (χ1v) is 6.36. The van der Waals surface area contributed by atoms with Crippen molar-refractivity contribution < 1.29 is 18.3 Å². The molecule has 1 aromatic carbocycles. The summed E-state index contributed by atoms with van der Waals surface area (Å²) in [6, 6.07) is 3.03. The van der Waals surface area contributed by atoms with Gasteiger partial charge in [0, 0.05) is 12.1 Å². The van der Waals surface area contributed by atoms with Gasteiger partial charge in [-0.25, -0.2) is 13.2 Å². The van der Waals surface area contributed by atoms with Crippen LogP contribution in [0.25, 0.3) is 0 Å². The van der Waals surface area contributed by atoms with Crippen LogP contribution in [0.3, 0.4) is 0 Å². The van der Waals surface area contributed by atoms with Crippen LogP contribution in [0.4, 0.5) is 13.2 Å². The molecule has 1 N–H and O–H groups in total. The summed E-state index contributed by atoms with van der Waals surface area (Å²) in [6.07, 6.45) is -0.567. The maximum atomic E-state index is 13.4. The van der Waals surface area contributed by atoms with E-state index in [1.807, 2.05) is 16.8 Å². The van der Waals surface area contributed by atoms with Gasteiger partial charge in [-0.05, 0) is 35.2 Å². The van der Waals surface area contributed by atoms with Crippen molar-refractivity contribution in [1.82, 2.24) is 0 Å². The van der Waals surface area contributed by atoms with Gasteiger partial charge >= 0.3 is 0 Å². The van der Waals surface area contributed by atoms with Crippen LogP contribution >= 0.6 is 11.3 Å². The van der Waals surface area contributed by atoms with Crippen molar-refractivity contribution in [2.45, 2.75) is 18.9 Å². The number of benzene rings is 1. The van der Waals surface area contributed by atoms with E-state index in [0.717, 1.165) is 5.56 Å². The maximum absolute atomic E-state index is 13.4. The quantitative estimate of drug-likeness (QED) is 0.896. The molecule has 0 bridgehead atoms. The van der Waals surface area contributed by atoms with Crippen LogP contribution in [-0.4, -0.2) is 5.11 Å². The summed E-state index contributed by atoms with van der Waals surface area (Å²) in [5, 5.41) is 13.6. The Morgan fingerprint density at radius 3 is 2.39 bits per heavy atom. The van der Waals surface area contributed by atoms with Gasteiger partial charge in [-0.1, -0.05) is 0 Å². The van der Waals surface area contributed by atoms with Crippen LogP contribution in [0.1, 0.15) is 23.7 Å². The van der Waals surface area contributed by atoms with Gasteiger partial charge in [0.1, 0.15) is 17.5 Å². The molecule has 1 heterocycles. The number of aryl methyl sites for hydroxylation is 1. The first kappa shape index (κ1) is 13.1. The lowest BCUT2D eigenvalue weighted by Crippen LogP contribution is -2.06. The van der Waals surface area contributed by atoms with Crippen molar-refractivity contribution in [2.75, 3.05) is 0 Å². The molecule has 5 heteroatoms. The Hall–Kier alpha value is -1.33. The second-order valence-electron chi connectivity index (χ2n) is 3.97. The van der Waals surface area contributed by atoms with Gasteiger partial charge in [-0.15, -0.1) is 0 Å². The molecule has 0 aliphatic rings. The van der Waals surface area contributed by atoms with E-state index in [-0.39, 0.29) is 6.42 Å². The van der Waals surface area contributed by atoms with Gasteiger partial charge in [0.05, 0.1) is 11.7 Å². The summed E-state index contributed by atoms with van der Waals surface area (Å²) in [6.45, 7) is 0.